The van der Waals surface area contributed by atoms with Crippen molar-refractivity contribution in [2.24, 2.45) is 17.8 Å². The predicted molar refractivity (Wildman–Crippen MR) is 182 cm³/mol. The molecule has 2 amide bonds. The highest BCUT2D eigenvalue weighted by molar-refractivity contribution is 5.95. The van der Waals surface area contributed by atoms with Crippen LogP contribution in [0.1, 0.15) is 80.4 Å². The van der Waals surface area contributed by atoms with E-state index in [0.717, 1.165) is 11.3 Å². The molecule has 4 rings (SSSR count). The largest absolute Gasteiger partial charge is 0.494 e. The average molecular weight is 684 g/mol. The van der Waals surface area contributed by atoms with Crippen LogP contribution >= 0.6 is 0 Å². The van der Waals surface area contributed by atoms with E-state index in [-0.39, 0.29) is 29.8 Å². The van der Waals surface area contributed by atoms with Gasteiger partial charge in [-0.2, -0.15) is 0 Å². The van der Waals surface area contributed by atoms with Gasteiger partial charge in [0, 0.05) is 49.4 Å². The molecule has 2 bridgehead atoms. The second-order valence-electron chi connectivity index (χ2n) is 12.8. The molecule has 12 heteroatoms. The number of benzene rings is 1. The first-order valence-corrected chi connectivity index (χ1v) is 17.4. The Hall–Kier alpha value is -3.71. The highest BCUT2D eigenvalue weighted by atomic mass is 16.5. The van der Waals surface area contributed by atoms with Crippen LogP contribution in [0.25, 0.3) is 0 Å². The second kappa shape index (κ2) is 22.1. The Morgan fingerprint density at radius 1 is 0.959 bits per heavy atom. The van der Waals surface area contributed by atoms with Gasteiger partial charge in [-0.1, -0.05) is 26.0 Å². The number of aromatic nitrogens is 1. The van der Waals surface area contributed by atoms with Crippen molar-refractivity contribution in [1.82, 2.24) is 15.8 Å². The number of carbonyl (C=O) groups is 4. The zero-order valence-electron chi connectivity index (χ0n) is 29.1. The van der Waals surface area contributed by atoms with Crippen LogP contribution in [-0.4, -0.2) is 85.9 Å². The molecule has 12 nitrogen and oxygen atoms in total. The summed E-state index contributed by atoms with van der Waals surface area (Å²) in [5.41, 5.74) is 4.09. The van der Waals surface area contributed by atoms with Gasteiger partial charge in [-0.3, -0.25) is 29.4 Å². The van der Waals surface area contributed by atoms with Gasteiger partial charge < -0.3 is 24.3 Å². The van der Waals surface area contributed by atoms with Crippen LogP contribution in [0, 0.1) is 24.7 Å². The summed E-state index contributed by atoms with van der Waals surface area (Å²) in [5, 5.41) is 12.4. The van der Waals surface area contributed by atoms with Crippen molar-refractivity contribution in [3.8, 4) is 5.75 Å². The van der Waals surface area contributed by atoms with Gasteiger partial charge in [0.15, 0.2) is 11.6 Å². The zero-order valence-corrected chi connectivity index (χ0v) is 29.1. The second-order valence-corrected chi connectivity index (χ2v) is 12.8. The van der Waals surface area contributed by atoms with E-state index in [1.54, 1.807) is 17.7 Å². The van der Waals surface area contributed by atoms with E-state index in [1.165, 1.54) is 0 Å². The molecule has 0 fully saturated rings. The standard InChI is InChI=1S/C37H53N3O9/c1-26(2)23-32-31(37(44)40-45)7-4-18-49-30-14-11-28(12-15-30)24-33(39-36(32)43)35(42)9-6-17-47-20-22-48-21-19-46-16-5-8-34(41)29-13-10-27(3)38-25-29/h10-15,25-26,31-33,45H,4-9,16-24H2,1-3H3,(H,39,43)(H,40,44)/t31-,32+,33-/m0/s1. The fourth-order valence-electron chi connectivity index (χ4n) is 5.71. The quantitative estimate of drug-likeness (QED) is 0.0836. The normalized spacial score (nSPS) is 18.4. The molecule has 49 heavy (non-hydrogen) atoms. The van der Waals surface area contributed by atoms with Gasteiger partial charge in [-0.05, 0) is 81.2 Å². The molecule has 2 aliphatic heterocycles. The number of amides is 2. The highest BCUT2D eigenvalue weighted by Crippen LogP contribution is 2.27. The number of Topliss-reactive ketones (excluding diaryl/α,β-unsaturated/α-hetero) is 2. The molecule has 0 aliphatic carbocycles. The van der Waals surface area contributed by atoms with Gasteiger partial charge in [0.05, 0.1) is 45.0 Å². The molecule has 3 heterocycles. The van der Waals surface area contributed by atoms with Crippen LogP contribution in [0.2, 0.25) is 0 Å². The number of carbonyl (C=O) groups excluding carboxylic acids is 4. The molecule has 0 saturated carbocycles. The van der Waals surface area contributed by atoms with Gasteiger partial charge in [0.2, 0.25) is 11.8 Å². The van der Waals surface area contributed by atoms with Gasteiger partial charge in [0.1, 0.15) is 5.75 Å². The molecule has 1 aromatic carbocycles. The number of hydrogen-bond donors (Lipinski definition) is 3. The SMILES string of the molecule is Cc1ccc(C(=O)CCCOCCOCCOCCCC(=O)[C@@H]2Cc3ccc(cc3)OCCC[C@H](C(=O)NO)[C@@H](CC(C)C)C(=O)N2)cn1. The van der Waals surface area contributed by atoms with Crippen molar-refractivity contribution in [1.29, 1.82) is 0 Å². The van der Waals surface area contributed by atoms with Crippen LogP contribution in [0.15, 0.2) is 42.6 Å². The Morgan fingerprint density at radius 3 is 2.22 bits per heavy atom. The van der Waals surface area contributed by atoms with E-state index in [0.29, 0.717) is 103 Å². The molecule has 0 radical (unpaired) electrons. The van der Waals surface area contributed by atoms with E-state index in [4.69, 9.17) is 18.9 Å². The van der Waals surface area contributed by atoms with Crippen molar-refractivity contribution in [2.75, 3.05) is 46.2 Å². The van der Waals surface area contributed by atoms with Crippen molar-refractivity contribution >= 4 is 23.4 Å². The van der Waals surface area contributed by atoms with E-state index in [2.05, 4.69) is 10.3 Å². The minimum Gasteiger partial charge on any atom is -0.494 e. The van der Waals surface area contributed by atoms with Crippen molar-refractivity contribution in [2.45, 2.75) is 78.2 Å². The van der Waals surface area contributed by atoms with E-state index in [1.807, 2.05) is 51.1 Å². The lowest BCUT2D eigenvalue weighted by Gasteiger charge is -2.29. The number of hydrogen-bond acceptors (Lipinski definition) is 10. The summed E-state index contributed by atoms with van der Waals surface area (Å²) in [6.45, 7) is 8.59. The number of aryl methyl sites for hydroxylation is 1. The molecule has 3 N–H and O–H groups in total. The topological polar surface area (TPSA) is 162 Å². The smallest absolute Gasteiger partial charge is 0.247 e. The number of pyridine rings is 1. The van der Waals surface area contributed by atoms with Crippen LogP contribution < -0.4 is 15.5 Å². The molecule has 2 aromatic rings. The molecule has 0 spiro atoms. The summed E-state index contributed by atoms with van der Waals surface area (Å²) in [6, 6.07) is 10.3. The minimum absolute atomic E-state index is 0.0518. The van der Waals surface area contributed by atoms with E-state index >= 15 is 0 Å². The summed E-state index contributed by atoms with van der Waals surface area (Å²) >= 11 is 0. The van der Waals surface area contributed by atoms with Crippen LogP contribution in [0.4, 0.5) is 0 Å². The molecule has 3 atom stereocenters. The predicted octanol–water partition coefficient (Wildman–Crippen LogP) is 4.44. The summed E-state index contributed by atoms with van der Waals surface area (Å²) in [6.07, 6.45) is 4.90. The highest BCUT2D eigenvalue weighted by Gasteiger charge is 2.35. The van der Waals surface area contributed by atoms with Gasteiger partial charge in [0.25, 0.3) is 0 Å². The maximum Gasteiger partial charge on any atom is 0.247 e. The van der Waals surface area contributed by atoms with E-state index in [9.17, 15) is 24.4 Å². The number of rotatable bonds is 19. The molecule has 0 saturated heterocycles. The number of ether oxygens (including phenoxy) is 4. The van der Waals surface area contributed by atoms with E-state index < -0.39 is 23.8 Å². The van der Waals surface area contributed by atoms with Crippen LogP contribution in [0.5, 0.6) is 5.75 Å². The lowest BCUT2D eigenvalue weighted by molar-refractivity contribution is -0.142. The number of nitrogens with zero attached hydrogens (tertiary/aromatic N) is 1. The van der Waals surface area contributed by atoms with Gasteiger partial charge in [-0.25, -0.2) is 5.48 Å². The molecule has 2 aliphatic rings. The Morgan fingerprint density at radius 2 is 1.61 bits per heavy atom. The van der Waals surface area contributed by atoms with Crippen molar-refractivity contribution in [3.63, 3.8) is 0 Å². The molecule has 0 unspecified atom stereocenters. The summed E-state index contributed by atoms with van der Waals surface area (Å²) in [5.74, 6) is -1.75. The summed E-state index contributed by atoms with van der Waals surface area (Å²) in [4.78, 5) is 56.1. The first-order valence-electron chi connectivity index (χ1n) is 17.4. The Labute approximate surface area is 289 Å². The number of fused-ring (bicyclic) bond motifs is 11. The third-order valence-corrected chi connectivity index (χ3v) is 8.37. The van der Waals surface area contributed by atoms with Gasteiger partial charge in [-0.15, -0.1) is 0 Å². The first-order chi connectivity index (χ1) is 23.7. The third-order valence-electron chi connectivity index (χ3n) is 8.37. The Balaban J connectivity index is 1.39. The Bertz CT molecular complexity index is 1300. The number of hydroxylamine groups is 1. The molecular formula is C37H53N3O9. The third kappa shape index (κ3) is 14.7. The molecule has 270 valence electrons. The Kier molecular flexibility index (Phi) is 17.9. The first kappa shape index (κ1) is 39.7. The maximum atomic E-state index is 13.7. The molecular weight excluding hydrogens is 630 g/mol. The number of ketones is 2. The average Bonchev–Trinajstić information content (AvgIpc) is 3.09. The molecule has 1 aromatic heterocycles. The van der Waals surface area contributed by atoms with Crippen molar-refractivity contribution in [3.05, 3.63) is 59.4 Å². The summed E-state index contributed by atoms with van der Waals surface area (Å²) in [7, 11) is 0. The fraction of sp³-hybridized carbons (Fsp3) is 0.595. The van der Waals surface area contributed by atoms with Crippen molar-refractivity contribution < 1.29 is 43.3 Å². The van der Waals surface area contributed by atoms with Crippen LogP contribution in [0.3, 0.4) is 0 Å². The number of nitrogens with one attached hydrogen (secondary N) is 2. The zero-order chi connectivity index (χ0) is 35.4. The lowest BCUT2D eigenvalue weighted by atomic mass is 9.81. The maximum absolute atomic E-state index is 13.7. The van der Waals surface area contributed by atoms with Gasteiger partial charge >= 0.3 is 0 Å². The van der Waals surface area contributed by atoms with Crippen LogP contribution in [-0.2, 0) is 35.0 Å². The summed E-state index contributed by atoms with van der Waals surface area (Å²) < 4.78 is 22.6. The lowest BCUT2D eigenvalue weighted by Crippen LogP contribution is -2.49. The fourth-order valence-corrected chi connectivity index (χ4v) is 5.71. The minimum atomic E-state index is -0.782. The monoisotopic (exact) mass is 683 g/mol.